The highest BCUT2D eigenvalue weighted by Crippen LogP contribution is 2.33. The van der Waals surface area contributed by atoms with Gasteiger partial charge in [-0.3, -0.25) is 9.59 Å². The summed E-state index contributed by atoms with van der Waals surface area (Å²) in [5, 5.41) is 3.06. The van der Waals surface area contributed by atoms with Crippen molar-refractivity contribution in [1.82, 2.24) is 4.90 Å². The van der Waals surface area contributed by atoms with Crippen LogP contribution in [0.2, 0.25) is 0 Å². The molecule has 1 aliphatic heterocycles. The van der Waals surface area contributed by atoms with Gasteiger partial charge in [-0.25, -0.2) is 0 Å². The predicted octanol–water partition coefficient (Wildman–Crippen LogP) is 4.98. The van der Waals surface area contributed by atoms with Gasteiger partial charge in [0.05, 0.1) is 24.3 Å². The van der Waals surface area contributed by atoms with Gasteiger partial charge in [-0.1, -0.05) is 26.0 Å². The summed E-state index contributed by atoms with van der Waals surface area (Å²) in [6.45, 7) is 10.0. The van der Waals surface area contributed by atoms with E-state index in [1.54, 1.807) is 12.1 Å². The van der Waals surface area contributed by atoms with Gasteiger partial charge in [-0.2, -0.15) is 0 Å². The van der Waals surface area contributed by atoms with E-state index in [1.807, 2.05) is 39.8 Å². The molecule has 32 heavy (non-hydrogen) atoms. The highest BCUT2D eigenvalue weighted by molar-refractivity contribution is 6.09. The van der Waals surface area contributed by atoms with Gasteiger partial charge in [0.15, 0.2) is 5.78 Å². The number of anilines is 1. The summed E-state index contributed by atoms with van der Waals surface area (Å²) in [6, 6.07) is 9.26. The smallest absolute Gasteiger partial charge is 0.259 e. The zero-order chi connectivity index (χ0) is 22.5. The fourth-order valence-corrected chi connectivity index (χ4v) is 3.85. The number of ether oxygens (including phenoxy) is 2. The standard InChI is InChI=1S/C25H32N2O4.ClH/c1-6-30-22-14-23(31-7-2)20(13-19(22)24(28)16(3)4)25(29)26-21-10-8-9-17-15-27(5)12-11-18(17)21;/h8-10,13-14,16H,6-7,11-12,15H2,1-5H3,(H,26,29);1H. The van der Waals surface area contributed by atoms with Crippen LogP contribution >= 0.6 is 12.4 Å². The number of hydrogen-bond donors (Lipinski definition) is 1. The van der Waals surface area contributed by atoms with Gasteiger partial charge in [0.2, 0.25) is 0 Å². The van der Waals surface area contributed by atoms with Gasteiger partial charge < -0.3 is 19.7 Å². The molecule has 1 heterocycles. The third-order valence-electron chi connectivity index (χ3n) is 5.42. The molecule has 174 valence electrons. The lowest BCUT2D eigenvalue weighted by atomic mass is 9.96. The topological polar surface area (TPSA) is 67.9 Å². The summed E-state index contributed by atoms with van der Waals surface area (Å²) in [6.07, 6.45) is 0.876. The Hall–Kier alpha value is -2.57. The van der Waals surface area contributed by atoms with Crippen molar-refractivity contribution in [2.45, 2.75) is 40.7 Å². The van der Waals surface area contributed by atoms with Crippen molar-refractivity contribution in [2.75, 3.05) is 32.1 Å². The molecule has 1 aliphatic rings. The quantitative estimate of drug-likeness (QED) is 0.562. The van der Waals surface area contributed by atoms with Crippen LogP contribution in [0.3, 0.4) is 0 Å². The Morgan fingerprint density at radius 2 is 1.72 bits per heavy atom. The molecule has 2 aromatic carbocycles. The number of nitrogens with zero attached hydrogens (tertiary/aromatic N) is 1. The number of hydrogen-bond acceptors (Lipinski definition) is 5. The number of likely N-dealkylation sites (N-methyl/N-ethyl adjacent to an activating group) is 1. The van der Waals surface area contributed by atoms with Crippen LogP contribution in [0.25, 0.3) is 0 Å². The minimum absolute atomic E-state index is 0. The first-order valence-corrected chi connectivity index (χ1v) is 10.9. The molecule has 0 saturated heterocycles. The van der Waals surface area contributed by atoms with Gasteiger partial charge in [0.1, 0.15) is 11.5 Å². The number of nitrogens with one attached hydrogen (secondary N) is 1. The maximum Gasteiger partial charge on any atom is 0.259 e. The van der Waals surface area contributed by atoms with Gasteiger partial charge in [0, 0.05) is 30.8 Å². The number of fused-ring (bicyclic) bond motifs is 1. The SMILES string of the molecule is CCOc1cc(OCC)c(C(=O)C(C)C)cc1C(=O)Nc1cccc2c1CCN(C)C2.Cl. The molecule has 0 aromatic heterocycles. The minimum atomic E-state index is -0.295. The molecule has 1 N–H and O–H groups in total. The molecule has 0 bridgehead atoms. The fraction of sp³-hybridized carbons (Fsp3) is 0.440. The first-order valence-electron chi connectivity index (χ1n) is 10.9. The van der Waals surface area contributed by atoms with E-state index in [2.05, 4.69) is 23.3 Å². The number of benzene rings is 2. The Morgan fingerprint density at radius 3 is 2.34 bits per heavy atom. The van der Waals surface area contributed by atoms with Gasteiger partial charge in [0.25, 0.3) is 5.91 Å². The first-order chi connectivity index (χ1) is 14.8. The molecule has 7 heteroatoms. The lowest BCUT2D eigenvalue weighted by Crippen LogP contribution is -2.27. The second-order valence-corrected chi connectivity index (χ2v) is 8.11. The largest absolute Gasteiger partial charge is 0.493 e. The van der Waals surface area contributed by atoms with Gasteiger partial charge >= 0.3 is 0 Å². The Kier molecular flexibility index (Phi) is 9.10. The fourth-order valence-electron chi connectivity index (χ4n) is 3.85. The van der Waals surface area contributed by atoms with Crippen molar-refractivity contribution in [2.24, 2.45) is 5.92 Å². The van der Waals surface area contributed by atoms with Crippen LogP contribution in [0, 0.1) is 5.92 Å². The molecule has 0 unspecified atom stereocenters. The van der Waals surface area contributed by atoms with Crippen molar-refractivity contribution in [3.63, 3.8) is 0 Å². The number of Topliss-reactive ketones (excluding diaryl/α,β-unsaturated/α-hetero) is 1. The van der Waals surface area contributed by atoms with E-state index in [0.29, 0.717) is 35.8 Å². The van der Waals surface area contributed by atoms with Crippen LogP contribution in [0.4, 0.5) is 5.69 Å². The molecule has 0 saturated carbocycles. The third kappa shape index (κ3) is 5.61. The zero-order valence-electron chi connectivity index (χ0n) is 19.5. The van der Waals surface area contributed by atoms with Crippen molar-refractivity contribution in [3.8, 4) is 11.5 Å². The van der Waals surface area contributed by atoms with E-state index in [1.165, 1.54) is 5.56 Å². The molecule has 0 radical (unpaired) electrons. The molecule has 0 atom stereocenters. The number of halogens is 1. The van der Waals surface area contributed by atoms with Crippen LogP contribution in [0.15, 0.2) is 30.3 Å². The molecule has 2 aromatic rings. The van der Waals surface area contributed by atoms with Crippen molar-refractivity contribution in [3.05, 3.63) is 52.6 Å². The summed E-state index contributed by atoms with van der Waals surface area (Å²) >= 11 is 0. The molecule has 0 aliphatic carbocycles. The maximum absolute atomic E-state index is 13.3. The van der Waals surface area contributed by atoms with Crippen molar-refractivity contribution >= 4 is 29.8 Å². The molecule has 0 fully saturated rings. The number of amides is 1. The van der Waals surface area contributed by atoms with E-state index in [0.717, 1.165) is 30.8 Å². The molecule has 3 rings (SSSR count). The molecular formula is C25H33ClN2O4. The normalized spacial score (nSPS) is 13.2. The summed E-state index contributed by atoms with van der Waals surface area (Å²) in [5.41, 5.74) is 3.93. The monoisotopic (exact) mass is 460 g/mol. The van der Waals surface area contributed by atoms with Crippen molar-refractivity contribution in [1.29, 1.82) is 0 Å². The lowest BCUT2D eigenvalue weighted by molar-refractivity contribution is 0.0935. The Labute approximate surface area is 196 Å². The Bertz CT molecular complexity index is 975. The first kappa shape index (κ1) is 25.7. The molecule has 1 amide bonds. The average molecular weight is 461 g/mol. The zero-order valence-corrected chi connectivity index (χ0v) is 20.3. The number of ketones is 1. The molecule has 6 nitrogen and oxygen atoms in total. The second-order valence-electron chi connectivity index (χ2n) is 8.11. The second kappa shape index (κ2) is 11.3. The maximum atomic E-state index is 13.3. The van der Waals surface area contributed by atoms with E-state index in [4.69, 9.17) is 9.47 Å². The van der Waals surface area contributed by atoms with Crippen molar-refractivity contribution < 1.29 is 19.1 Å². The van der Waals surface area contributed by atoms with Crippen LogP contribution in [-0.4, -0.2) is 43.4 Å². The van der Waals surface area contributed by atoms with E-state index in [-0.39, 0.29) is 30.0 Å². The number of carbonyl (C=O) groups excluding carboxylic acids is 2. The van der Waals surface area contributed by atoms with E-state index in [9.17, 15) is 9.59 Å². The minimum Gasteiger partial charge on any atom is -0.493 e. The third-order valence-corrected chi connectivity index (χ3v) is 5.42. The van der Waals surface area contributed by atoms with Crippen LogP contribution in [-0.2, 0) is 13.0 Å². The van der Waals surface area contributed by atoms with Gasteiger partial charge in [-0.15, -0.1) is 12.4 Å². The summed E-state index contributed by atoms with van der Waals surface area (Å²) < 4.78 is 11.4. The highest BCUT2D eigenvalue weighted by Gasteiger charge is 2.24. The van der Waals surface area contributed by atoms with E-state index >= 15 is 0 Å². The van der Waals surface area contributed by atoms with Crippen LogP contribution in [0.5, 0.6) is 11.5 Å². The predicted molar refractivity (Wildman–Crippen MR) is 130 cm³/mol. The molecular weight excluding hydrogens is 428 g/mol. The Balaban J connectivity index is 0.00000363. The Morgan fingerprint density at radius 1 is 1.06 bits per heavy atom. The molecule has 0 spiro atoms. The number of carbonyl (C=O) groups is 2. The summed E-state index contributed by atoms with van der Waals surface area (Å²) in [4.78, 5) is 28.4. The summed E-state index contributed by atoms with van der Waals surface area (Å²) in [7, 11) is 2.09. The van der Waals surface area contributed by atoms with Crippen LogP contribution in [0.1, 0.15) is 59.5 Å². The van der Waals surface area contributed by atoms with Crippen LogP contribution < -0.4 is 14.8 Å². The average Bonchev–Trinajstić information content (AvgIpc) is 2.73. The number of rotatable bonds is 8. The lowest BCUT2D eigenvalue weighted by Gasteiger charge is -2.27. The van der Waals surface area contributed by atoms with E-state index < -0.39 is 0 Å². The summed E-state index contributed by atoms with van der Waals surface area (Å²) in [5.74, 6) is 0.276. The van der Waals surface area contributed by atoms with Gasteiger partial charge in [-0.05, 0) is 50.6 Å². The highest BCUT2D eigenvalue weighted by atomic mass is 35.5.